The molecule has 2 amide bonds. The van der Waals surface area contributed by atoms with E-state index >= 15 is 0 Å². The molecule has 0 bridgehead atoms. The molecular weight excluding hydrogens is 328 g/mol. The highest BCUT2D eigenvalue weighted by molar-refractivity contribution is 5.97. The maximum Gasteiger partial charge on any atom is 0.241 e. The summed E-state index contributed by atoms with van der Waals surface area (Å²) in [6.07, 6.45) is 4.80. The minimum Gasteiger partial charge on any atom is -0.325 e. The summed E-state index contributed by atoms with van der Waals surface area (Å²) in [6, 6.07) is 6.56. The smallest absolute Gasteiger partial charge is 0.241 e. The van der Waals surface area contributed by atoms with Crippen LogP contribution in [0.3, 0.4) is 0 Å². The van der Waals surface area contributed by atoms with Crippen LogP contribution in [-0.2, 0) is 9.59 Å². The molecule has 1 saturated heterocycles. The Bertz CT molecular complexity index is 616. The van der Waals surface area contributed by atoms with Crippen molar-refractivity contribution in [3.63, 3.8) is 0 Å². The number of amides is 2. The van der Waals surface area contributed by atoms with Crippen molar-refractivity contribution in [3.05, 3.63) is 24.3 Å². The number of carbonyl (C=O) groups excluding carboxylic acids is 2. The van der Waals surface area contributed by atoms with Crippen LogP contribution in [0.15, 0.2) is 24.3 Å². The third-order valence-corrected chi connectivity index (χ3v) is 4.70. The van der Waals surface area contributed by atoms with Crippen LogP contribution >= 0.6 is 0 Å². The van der Waals surface area contributed by atoms with E-state index in [9.17, 15) is 9.59 Å². The SMILES string of the molecule is CC(C)(C)[C@H](N)C(=O)Nc1cccc(NC(=O)CN2CCCCCC2)c1. The minimum atomic E-state index is -0.608. The fourth-order valence-corrected chi connectivity index (χ4v) is 2.99. The molecule has 1 atom stereocenters. The molecule has 1 aliphatic rings. The van der Waals surface area contributed by atoms with Gasteiger partial charge in [0.2, 0.25) is 11.8 Å². The topological polar surface area (TPSA) is 87.5 Å². The summed E-state index contributed by atoms with van der Waals surface area (Å²) < 4.78 is 0. The molecule has 0 aromatic heterocycles. The number of benzene rings is 1. The number of rotatable bonds is 5. The average Bonchev–Trinajstić information content (AvgIpc) is 2.82. The molecule has 1 aromatic carbocycles. The van der Waals surface area contributed by atoms with Gasteiger partial charge in [0, 0.05) is 11.4 Å². The monoisotopic (exact) mass is 360 g/mol. The molecule has 0 radical (unpaired) electrons. The molecule has 144 valence electrons. The lowest BCUT2D eigenvalue weighted by Gasteiger charge is -2.25. The van der Waals surface area contributed by atoms with Gasteiger partial charge >= 0.3 is 0 Å². The largest absolute Gasteiger partial charge is 0.325 e. The van der Waals surface area contributed by atoms with Crippen molar-refractivity contribution in [2.75, 3.05) is 30.3 Å². The molecule has 6 nitrogen and oxygen atoms in total. The van der Waals surface area contributed by atoms with E-state index in [-0.39, 0.29) is 17.2 Å². The van der Waals surface area contributed by atoms with Gasteiger partial charge in [0.1, 0.15) is 0 Å². The van der Waals surface area contributed by atoms with E-state index in [1.807, 2.05) is 26.8 Å². The predicted molar refractivity (Wildman–Crippen MR) is 106 cm³/mol. The van der Waals surface area contributed by atoms with Gasteiger partial charge in [-0.2, -0.15) is 0 Å². The summed E-state index contributed by atoms with van der Waals surface area (Å²) in [5, 5.41) is 5.75. The molecule has 2 rings (SSSR count). The maximum absolute atomic E-state index is 12.3. The molecule has 0 aliphatic carbocycles. The quantitative estimate of drug-likeness (QED) is 0.753. The van der Waals surface area contributed by atoms with Crippen LogP contribution in [0.25, 0.3) is 0 Å². The average molecular weight is 361 g/mol. The van der Waals surface area contributed by atoms with Crippen LogP contribution in [0.2, 0.25) is 0 Å². The Kier molecular flexibility index (Phi) is 7.17. The van der Waals surface area contributed by atoms with E-state index in [0.29, 0.717) is 17.9 Å². The second-order valence-electron chi connectivity index (χ2n) is 8.15. The predicted octanol–water partition coefficient (Wildman–Crippen LogP) is 2.81. The highest BCUT2D eigenvalue weighted by atomic mass is 16.2. The standard InChI is InChI=1S/C20H32N4O2/c1-20(2,3)18(21)19(26)23-16-10-8-9-15(13-16)22-17(25)14-24-11-6-4-5-7-12-24/h8-10,13,18H,4-7,11-12,14,21H2,1-3H3,(H,22,25)(H,23,26)/t18-/m1/s1. The normalized spacial score (nSPS) is 17.2. The molecule has 1 aliphatic heterocycles. The number of carbonyl (C=O) groups is 2. The van der Waals surface area contributed by atoms with Crippen molar-refractivity contribution in [2.45, 2.75) is 52.5 Å². The van der Waals surface area contributed by atoms with E-state index in [4.69, 9.17) is 5.73 Å². The molecule has 1 heterocycles. The van der Waals surface area contributed by atoms with Gasteiger partial charge in [-0.15, -0.1) is 0 Å². The zero-order valence-corrected chi connectivity index (χ0v) is 16.2. The van der Waals surface area contributed by atoms with Crippen molar-refractivity contribution >= 4 is 23.2 Å². The van der Waals surface area contributed by atoms with Gasteiger partial charge in [0.15, 0.2) is 0 Å². The number of nitrogens with two attached hydrogens (primary N) is 1. The summed E-state index contributed by atoms with van der Waals surface area (Å²) in [4.78, 5) is 26.8. The number of hydrogen-bond acceptors (Lipinski definition) is 4. The molecule has 0 unspecified atom stereocenters. The van der Waals surface area contributed by atoms with Crippen molar-refractivity contribution in [1.29, 1.82) is 0 Å². The number of nitrogens with zero attached hydrogens (tertiary/aromatic N) is 1. The van der Waals surface area contributed by atoms with E-state index in [1.165, 1.54) is 12.8 Å². The molecule has 4 N–H and O–H groups in total. The van der Waals surface area contributed by atoms with Gasteiger partial charge in [0.25, 0.3) is 0 Å². The Morgan fingerprint density at radius 1 is 1.08 bits per heavy atom. The first-order valence-corrected chi connectivity index (χ1v) is 9.44. The van der Waals surface area contributed by atoms with Gasteiger partial charge < -0.3 is 16.4 Å². The fraction of sp³-hybridized carbons (Fsp3) is 0.600. The van der Waals surface area contributed by atoms with E-state index in [2.05, 4.69) is 15.5 Å². The molecule has 1 aromatic rings. The first kappa shape index (κ1) is 20.4. The first-order chi connectivity index (χ1) is 12.3. The lowest BCUT2D eigenvalue weighted by molar-refractivity contribution is -0.119. The molecule has 1 fully saturated rings. The number of hydrogen-bond donors (Lipinski definition) is 3. The van der Waals surface area contributed by atoms with Crippen LogP contribution in [0, 0.1) is 5.41 Å². The first-order valence-electron chi connectivity index (χ1n) is 9.44. The van der Waals surface area contributed by atoms with Crippen LogP contribution < -0.4 is 16.4 Å². The second-order valence-corrected chi connectivity index (χ2v) is 8.15. The number of likely N-dealkylation sites (tertiary alicyclic amines) is 1. The second kappa shape index (κ2) is 9.14. The van der Waals surface area contributed by atoms with Gasteiger partial charge in [0.05, 0.1) is 12.6 Å². The van der Waals surface area contributed by atoms with Crippen LogP contribution in [0.5, 0.6) is 0 Å². The fourth-order valence-electron chi connectivity index (χ4n) is 2.99. The maximum atomic E-state index is 12.3. The van der Waals surface area contributed by atoms with E-state index in [0.717, 1.165) is 25.9 Å². The van der Waals surface area contributed by atoms with Crippen molar-refractivity contribution in [2.24, 2.45) is 11.1 Å². The Balaban J connectivity index is 1.91. The summed E-state index contributed by atoms with van der Waals surface area (Å²) >= 11 is 0. The Morgan fingerprint density at radius 3 is 2.23 bits per heavy atom. The molecule has 0 spiro atoms. The lowest BCUT2D eigenvalue weighted by Crippen LogP contribution is -2.45. The minimum absolute atomic E-state index is 0.0261. The van der Waals surface area contributed by atoms with Gasteiger partial charge in [-0.3, -0.25) is 14.5 Å². The highest BCUT2D eigenvalue weighted by Crippen LogP contribution is 2.20. The number of nitrogens with one attached hydrogen (secondary N) is 2. The lowest BCUT2D eigenvalue weighted by atomic mass is 9.87. The van der Waals surface area contributed by atoms with Gasteiger partial charge in [-0.05, 0) is 49.5 Å². The van der Waals surface area contributed by atoms with E-state index < -0.39 is 6.04 Å². The van der Waals surface area contributed by atoms with Crippen LogP contribution in [0.1, 0.15) is 46.5 Å². The summed E-state index contributed by atoms with van der Waals surface area (Å²) in [7, 11) is 0. The zero-order valence-electron chi connectivity index (χ0n) is 16.2. The van der Waals surface area contributed by atoms with Crippen molar-refractivity contribution < 1.29 is 9.59 Å². The molecule has 0 saturated carbocycles. The summed E-state index contributed by atoms with van der Waals surface area (Å²) in [5.74, 6) is -0.257. The zero-order chi connectivity index (χ0) is 19.2. The Morgan fingerprint density at radius 2 is 1.65 bits per heavy atom. The van der Waals surface area contributed by atoms with E-state index in [1.54, 1.807) is 18.2 Å². The van der Waals surface area contributed by atoms with Gasteiger partial charge in [-0.25, -0.2) is 0 Å². The summed E-state index contributed by atoms with van der Waals surface area (Å²) in [5.41, 5.74) is 6.97. The van der Waals surface area contributed by atoms with Crippen LogP contribution in [-0.4, -0.2) is 42.4 Å². The highest BCUT2D eigenvalue weighted by Gasteiger charge is 2.27. The number of anilines is 2. The van der Waals surface area contributed by atoms with Crippen LogP contribution in [0.4, 0.5) is 11.4 Å². The molecule has 6 heteroatoms. The van der Waals surface area contributed by atoms with Gasteiger partial charge in [-0.1, -0.05) is 39.7 Å². The summed E-state index contributed by atoms with van der Waals surface area (Å²) in [6.45, 7) is 8.15. The third-order valence-electron chi connectivity index (χ3n) is 4.70. The Labute approximate surface area is 156 Å². The van der Waals surface area contributed by atoms with Crippen molar-refractivity contribution in [3.8, 4) is 0 Å². The third kappa shape index (κ3) is 6.42. The molecular formula is C20H32N4O2. The van der Waals surface area contributed by atoms with Crippen molar-refractivity contribution in [1.82, 2.24) is 4.90 Å². The molecule has 26 heavy (non-hydrogen) atoms. The Hall–Kier alpha value is -1.92.